The minimum Gasteiger partial charge on any atom is -0.313 e. The van der Waals surface area contributed by atoms with E-state index in [4.69, 9.17) is 5.73 Å². The molecule has 1 aliphatic carbocycles. The lowest BCUT2D eigenvalue weighted by Crippen LogP contribution is -2.52. The summed E-state index contributed by atoms with van der Waals surface area (Å²) in [4.78, 5) is 2.54. The van der Waals surface area contributed by atoms with E-state index in [0.29, 0.717) is 0 Å². The lowest BCUT2D eigenvalue weighted by molar-refractivity contribution is 0.108. The molecule has 0 aromatic heterocycles. The van der Waals surface area contributed by atoms with Crippen molar-refractivity contribution in [2.45, 2.75) is 57.2 Å². The number of nitrogens with zero attached hydrogens (tertiary/aromatic N) is 1. The van der Waals surface area contributed by atoms with Crippen molar-refractivity contribution in [3.05, 3.63) is 0 Å². The molecule has 2 aliphatic rings. The summed E-state index contributed by atoms with van der Waals surface area (Å²) in [6, 6.07) is 0.808. The Morgan fingerprint density at radius 2 is 1.92 bits per heavy atom. The van der Waals surface area contributed by atoms with Crippen LogP contribution in [0.15, 0.2) is 0 Å². The zero-order valence-electron chi connectivity index (χ0n) is 8.05. The predicted octanol–water partition coefficient (Wildman–Crippen LogP) is 1.70. The topological polar surface area (TPSA) is 29.3 Å². The molecule has 1 aliphatic heterocycles. The van der Waals surface area contributed by atoms with E-state index in [1.807, 2.05) is 0 Å². The maximum Gasteiger partial charge on any atom is 0.0661 e. The van der Waals surface area contributed by atoms with Crippen molar-refractivity contribution in [2.24, 2.45) is 5.73 Å². The van der Waals surface area contributed by atoms with Gasteiger partial charge in [0.1, 0.15) is 0 Å². The van der Waals surface area contributed by atoms with Gasteiger partial charge in [0.25, 0.3) is 0 Å². The van der Waals surface area contributed by atoms with Crippen LogP contribution in [0.2, 0.25) is 0 Å². The van der Waals surface area contributed by atoms with Crippen molar-refractivity contribution < 1.29 is 0 Å². The minimum atomic E-state index is 0.00894. The van der Waals surface area contributed by atoms with E-state index in [1.54, 1.807) is 0 Å². The summed E-state index contributed by atoms with van der Waals surface area (Å²) in [7, 11) is 0. The van der Waals surface area contributed by atoms with Gasteiger partial charge in [0.05, 0.1) is 5.66 Å². The molecule has 0 amide bonds. The Morgan fingerprint density at radius 1 is 1.25 bits per heavy atom. The zero-order valence-corrected chi connectivity index (χ0v) is 8.05. The van der Waals surface area contributed by atoms with Gasteiger partial charge in [-0.25, -0.2) is 0 Å². The van der Waals surface area contributed by atoms with Crippen molar-refractivity contribution in [1.29, 1.82) is 0 Å². The van der Waals surface area contributed by atoms with Gasteiger partial charge in [-0.1, -0.05) is 12.8 Å². The van der Waals surface area contributed by atoms with E-state index in [0.717, 1.165) is 6.04 Å². The highest BCUT2D eigenvalue weighted by atomic mass is 15.3. The number of rotatable bonds is 1. The van der Waals surface area contributed by atoms with Crippen molar-refractivity contribution in [2.75, 3.05) is 6.54 Å². The molecule has 2 N–H and O–H groups in total. The Kier molecular flexibility index (Phi) is 2.13. The second kappa shape index (κ2) is 3.00. The zero-order chi connectivity index (χ0) is 8.60. The Balaban J connectivity index is 2.02. The van der Waals surface area contributed by atoms with Crippen LogP contribution < -0.4 is 5.73 Å². The van der Waals surface area contributed by atoms with E-state index in [1.165, 1.54) is 45.1 Å². The lowest BCUT2D eigenvalue weighted by Gasteiger charge is -2.36. The Hall–Kier alpha value is -0.0800. The molecule has 0 bridgehead atoms. The van der Waals surface area contributed by atoms with Crippen molar-refractivity contribution in [1.82, 2.24) is 4.90 Å². The van der Waals surface area contributed by atoms with Crippen LogP contribution >= 0.6 is 0 Å². The molecule has 1 saturated carbocycles. The van der Waals surface area contributed by atoms with Gasteiger partial charge in [-0.15, -0.1) is 0 Å². The van der Waals surface area contributed by atoms with Gasteiger partial charge in [-0.3, -0.25) is 4.90 Å². The van der Waals surface area contributed by atoms with Gasteiger partial charge in [0, 0.05) is 12.6 Å². The number of likely N-dealkylation sites (tertiary alicyclic amines) is 1. The summed E-state index contributed by atoms with van der Waals surface area (Å²) in [5, 5.41) is 0. The van der Waals surface area contributed by atoms with Crippen LogP contribution in [-0.4, -0.2) is 23.1 Å². The van der Waals surface area contributed by atoms with Gasteiger partial charge >= 0.3 is 0 Å². The molecule has 0 spiro atoms. The van der Waals surface area contributed by atoms with E-state index < -0.39 is 0 Å². The molecule has 0 aromatic carbocycles. The summed E-state index contributed by atoms with van der Waals surface area (Å²) in [6.45, 7) is 3.43. The number of hydrogen-bond donors (Lipinski definition) is 1. The van der Waals surface area contributed by atoms with E-state index in [9.17, 15) is 0 Å². The van der Waals surface area contributed by atoms with Crippen LogP contribution in [0, 0.1) is 0 Å². The third kappa shape index (κ3) is 1.38. The van der Waals surface area contributed by atoms with Crippen LogP contribution in [0.3, 0.4) is 0 Å². The van der Waals surface area contributed by atoms with Crippen LogP contribution in [0.25, 0.3) is 0 Å². The van der Waals surface area contributed by atoms with E-state index >= 15 is 0 Å². The molecule has 2 fully saturated rings. The average Bonchev–Trinajstić information content (AvgIpc) is 2.55. The smallest absolute Gasteiger partial charge is 0.0661 e. The van der Waals surface area contributed by atoms with Gasteiger partial charge in [-0.05, 0) is 32.6 Å². The number of hydrogen-bond acceptors (Lipinski definition) is 2. The first-order valence-electron chi connectivity index (χ1n) is 5.26. The minimum absolute atomic E-state index is 0.00894. The largest absolute Gasteiger partial charge is 0.313 e. The molecule has 2 heteroatoms. The molecule has 0 aromatic rings. The molecule has 70 valence electrons. The third-order valence-corrected chi connectivity index (χ3v) is 3.50. The number of nitrogens with two attached hydrogens (primary N) is 1. The van der Waals surface area contributed by atoms with Gasteiger partial charge in [-0.2, -0.15) is 0 Å². The summed E-state index contributed by atoms with van der Waals surface area (Å²) >= 11 is 0. The van der Waals surface area contributed by atoms with Crippen LogP contribution in [0.5, 0.6) is 0 Å². The molecule has 1 heterocycles. The first-order chi connectivity index (χ1) is 5.70. The highest BCUT2D eigenvalue weighted by molar-refractivity contribution is 4.92. The van der Waals surface area contributed by atoms with Crippen molar-refractivity contribution in [3.8, 4) is 0 Å². The van der Waals surface area contributed by atoms with Gasteiger partial charge in [0.2, 0.25) is 0 Å². The Labute approximate surface area is 75.1 Å². The molecule has 12 heavy (non-hydrogen) atoms. The molecule has 0 radical (unpaired) electrons. The Morgan fingerprint density at radius 3 is 2.42 bits per heavy atom. The maximum absolute atomic E-state index is 6.23. The molecule has 2 nitrogen and oxygen atoms in total. The molecule has 1 atom stereocenters. The summed E-state index contributed by atoms with van der Waals surface area (Å²) in [5.41, 5.74) is 6.24. The SMILES string of the molecule is CC1(N)CCCN1C1CCCC1. The fourth-order valence-corrected chi connectivity index (χ4v) is 2.82. The predicted molar refractivity (Wildman–Crippen MR) is 50.8 cm³/mol. The van der Waals surface area contributed by atoms with Gasteiger partial charge < -0.3 is 5.73 Å². The highest BCUT2D eigenvalue weighted by Gasteiger charge is 2.37. The Bertz CT molecular complexity index is 159. The molecule has 1 unspecified atom stereocenters. The maximum atomic E-state index is 6.23. The molecule has 2 rings (SSSR count). The van der Waals surface area contributed by atoms with Crippen LogP contribution in [0.4, 0.5) is 0 Å². The molecular weight excluding hydrogens is 148 g/mol. The van der Waals surface area contributed by atoms with Gasteiger partial charge in [0.15, 0.2) is 0 Å². The standard InChI is InChI=1S/C10H20N2/c1-10(11)7-4-8-12(10)9-5-2-3-6-9/h9H,2-8,11H2,1H3. The normalized spacial score (nSPS) is 39.5. The van der Waals surface area contributed by atoms with Crippen LogP contribution in [-0.2, 0) is 0 Å². The summed E-state index contributed by atoms with van der Waals surface area (Å²) < 4.78 is 0. The summed E-state index contributed by atoms with van der Waals surface area (Å²) in [6.07, 6.45) is 8.07. The van der Waals surface area contributed by atoms with Crippen molar-refractivity contribution >= 4 is 0 Å². The lowest BCUT2D eigenvalue weighted by atomic mass is 10.1. The van der Waals surface area contributed by atoms with Crippen LogP contribution in [0.1, 0.15) is 45.4 Å². The molecular formula is C10H20N2. The fourth-order valence-electron chi connectivity index (χ4n) is 2.82. The second-order valence-corrected chi connectivity index (χ2v) is 4.59. The average molecular weight is 168 g/mol. The first kappa shape index (κ1) is 8.52. The monoisotopic (exact) mass is 168 g/mol. The van der Waals surface area contributed by atoms with E-state index in [-0.39, 0.29) is 5.66 Å². The molecule has 1 saturated heterocycles. The quantitative estimate of drug-likeness (QED) is 0.645. The summed E-state index contributed by atoms with van der Waals surface area (Å²) in [5.74, 6) is 0. The second-order valence-electron chi connectivity index (χ2n) is 4.59. The highest BCUT2D eigenvalue weighted by Crippen LogP contribution is 2.33. The first-order valence-corrected chi connectivity index (χ1v) is 5.26. The fraction of sp³-hybridized carbons (Fsp3) is 1.00. The van der Waals surface area contributed by atoms with Crippen molar-refractivity contribution in [3.63, 3.8) is 0 Å². The van der Waals surface area contributed by atoms with E-state index in [2.05, 4.69) is 11.8 Å². The third-order valence-electron chi connectivity index (χ3n) is 3.50.